The van der Waals surface area contributed by atoms with Gasteiger partial charge in [0.1, 0.15) is 17.1 Å². The van der Waals surface area contributed by atoms with Crippen LogP contribution in [0.15, 0.2) is 47.4 Å². The zero-order valence-electron chi connectivity index (χ0n) is 19.4. The highest BCUT2D eigenvalue weighted by Gasteiger charge is 2.28. The largest absolute Gasteiger partial charge is 0.497 e. The van der Waals surface area contributed by atoms with E-state index in [2.05, 4.69) is 0 Å². The number of anilines is 1. The standard InChI is InChI=1S/C26H26FN3O5/c1-35-18-6-2-16(3-7-18)24(31)15-28-8-10-29(11-9-28)23-13-22-19(12-21(23)27)25(32)20(26(33)34)14-30(22)17-4-5-17/h2-3,6-7,12-14,17H,4-5,8-11,15H2,1H3,(H,33,34). The van der Waals surface area contributed by atoms with Crippen LogP contribution in [-0.2, 0) is 0 Å². The van der Waals surface area contributed by atoms with E-state index in [1.807, 2.05) is 9.80 Å². The number of halogens is 1. The van der Waals surface area contributed by atoms with Crippen molar-refractivity contribution in [3.8, 4) is 5.75 Å². The molecular weight excluding hydrogens is 453 g/mol. The number of hydrogen-bond acceptors (Lipinski definition) is 6. The minimum atomic E-state index is -1.31. The van der Waals surface area contributed by atoms with Crippen molar-refractivity contribution in [3.63, 3.8) is 0 Å². The van der Waals surface area contributed by atoms with Crippen LogP contribution in [-0.4, -0.2) is 66.2 Å². The van der Waals surface area contributed by atoms with E-state index in [4.69, 9.17) is 4.74 Å². The molecule has 3 aromatic rings. The van der Waals surface area contributed by atoms with Crippen LogP contribution in [0.25, 0.3) is 10.9 Å². The second-order valence-electron chi connectivity index (χ2n) is 9.05. The van der Waals surface area contributed by atoms with E-state index < -0.39 is 17.2 Å². The first kappa shape index (κ1) is 23.0. The van der Waals surface area contributed by atoms with Gasteiger partial charge in [0, 0.05) is 49.4 Å². The number of aromatic carboxylic acids is 1. The fourth-order valence-electron chi connectivity index (χ4n) is 4.63. The van der Waals surface area contributed by atoms with Gasteiger partial charge in [-0.25, -0.2) is 9.18 Å². The summed E-state index contributed by atoms with van der Waals surface area (Å²) < 4.78 is 22.1. The molecule has 2 fully saturated rings. The second-order valence-corrected chi connectivity index (χ2v) is 9.05. The third kappa shape index (κ3) is 4.51. The van der Waals surface area contributed by atoms with Gasteiger partial charge in [0.2, 0.25) is 5.43 Å². The van der Waals surface area contributed by atoms with Crippen molar-refractivity contribution < 1.29 is 23.8 Å². The molecule has 8 nitrogen and oxygen atoms in total. The van der Waals surface area contributed by atoms with Gasteiger partial charge in [-0.2, -0.15) is 0 Å². The Morgan fingerprint density at radius 1 is 1.09 bits per heavy atom. The van der Waals surface area contributed by atoms with E-state index in [0.29, 0.717) is 48.7 Å². The molecule has 1 saturated carbocycles. The van der Waals surface area contributed by atoms with Gasteiger partial charge in [0.25, 0.3) is 0 Å². The molecule has 0 amide bonds. The molecule has 1 saturated heterocycles. The van der Waals surface area contributed by atoms with E-state index in [1.54, 1.807) is 42.0 Å². The molecule has 35 heavy (non-hydrogen) atoms. The van der Waals surface area contributed by atoms with E-state index in [-0.39, 0.29) is 29.3 Å². The van der Waals surface area contributed by atoms with E-state index >= 15 is 4.39 Å². The molecule has 0 unspecified atom stereocenters. The smallest absolute Gasteiger partial charge is 0.341 e. The Kier molecular flexibility index (Phi) is 6.02. The number of carboxylic acid groups (broad SMARTS) is 1. The molecule has 1 aliphatic carbocycles. The van der Waals surface area contributed by atoms with Crippen molar-refractivity contribution in [2.45, 2.75) is 18.9 Å². The molecule has 1 aliphatic heterocycles. The number of methoxy groups -OCH3 is 1. The third-order valence-electron chi connectivity index (χ3n) is 6.76. The molecule has 5 rings (SSSR count). The van der Waals surface area contributed by atoms with Crippen molar-refractivity contribution in [1.29, 1.82) is 0 Å². The highest BCUT2D eigenvalue weighted by atomic mass is 19.1. The Hall–Kier alpha value is -3.72. The Bertz CT molecular complexity index is 1360. The Morgan fingerprint density at radius 3 is 2.37 bits per heavy atom. The topological polar surface area (TPSA) is 92.1 Å². The monoisotopic (exact) mass is 479 g/mol. The fourth-order valence-corrected chi connectivity index (χ4v) is 4.63. The lowest BCUT2D eigenvalue weighted by atomic mass is 10.1. The van der Waals surface area contributed by atoms with Gasteiger partial charge in [-0.05, 0) is 49.2 Å². The number of ketones is 1. The first-order chi connectivity index (χ1) is 16.9. The molecule has 1 aromatic heterocycles. The summed E-state index contributed by atoms with van der Waals surface area (Å²) >= 11 is 0. The maximum Gasteiger partial charge on any atom is 0.341 e. The number of nitrogens with zero attached hydrogens (tertiary/aromatic N) is 3. The number of pyridine rings is 1. The van der Waals surface area contributed by atoms with Gasteiger partial charge >= 0.3 is 5.97 Å². The molecule has 9 heteroatoms. The summed E-state index contributed by atoms with van der Waals surface area (Å²) in [7, 11) is 1.58. The molecule has 0 bridgehead atoms. The first-order valence-corrected chi connectivity index (χ1v) is 11.6. The van der Waals surface area contributed by atoms with Gasteiger partial charge < -0.3 is 19.3 Å². The number of piperazine rings is 1. The molecular formula is C26H26FN3O5. The number of hydrogen-bond donors (Lipinski definition) is 1. The number of carbonyl (C=O) groups excluding carboxylic acids is 1. The Morgan fingerprint density at radius 2 is 1.77 bits per heavy atom. The van der Waals surface area contributed by atoms with E-state index in [9.17, 15) is 19.5 Å². The zero-order valence-corrected chi connectivity index (χ0v) is 19.4. The molecule has 0 radical (unpaired) electrons. The zero-order chi connectivity index (χ0) is 24.7. The number of Topliss-reactive ketones (excluding diaryl/α,β-unsaturated/α-hetero) is 1. The third-order valence-corrected chi connectivity index (χ3v) is 6.76. The number of carboxylic acids is 1. The molecule has 182 valence electrons. The molecule has 2 aliphatic rings. The van der Waals surface area contributed by atoms with Gasteiger partial charge in [0.05, 0.1) is 24.9 Å². The Labute approximate surface area is 201 Å². The van der Waals surface area contributed by atoms with Crippen LogP contribution in [0.2, 0.25) is 0 Å². The second kappa shape index (κ2) is 9.14. The van der Waals surface area contributed by atoms with Crippen LogP contribution < -0.4 is 15.1 Å². The molecule has 2 aromatic carbocycles. The maximum absolute atomic E-state index is 15.1. The van der Waals surface area contributed by atoms with E-state index in [1.165, 1.54) is 6.20 Å². The number of fused-ring (bicyclic) bond motifs is 1. The number of rotatable bonds is 7. The summed E-state index contributed by atoms with van der Waals surface area (Å²) in [5, 5.41) is 9.50. The van der Waals surface area contributed by atoms with Crippen LogP contribution >= 0.6 is 0 Å². The van der Waals surface area contributed by atoms with Crippen LogP contribution in [0.1, 0.15) is 39.6 Å². The number of carbonyl (C=O) groups is 2. The summed E-state index contributed by atoms with van der Waals surface area (Å²) in [6.45, 7) is 2.51. The summed E-state index contributed by atoms with van der Waals surface area (Å²) in [6, 6.07) is 9.96. The normalized spacial score (nSPS) is 16.5. The minimum absolute atomic E-state index is 0.0145. The molecule has 1 N–H and O–H groups in total. The van der Waals surface area contributed by atoms with Crippen molar-refractivity contribution >= 4 is 28.3 Å². The van der Waals surface area contributed by atoms with Crippen LogP contribution in [0.3, 0.4) is 0 Å². The predicted molar refractivity (Wildman–Crippen MR) is 129 cm³/mol. The number of ether oxygens (including phenoxy) is 1. The summed E-state index contributed by atoms with van der Waals surface area (Å²) in [6.07, 6.45) is 3.17. The lowest BCUT2D eigenvalue weighted by molar-refractivity contribution is 0.0694. The fraction of sp³-hybridized carbons (Fsp3) is 0.346. The van der Waals surface area contributed by atoms with Gasteiger partial charge in [-0.1, -0.05) is 0 Å². The van der Waals surface area contributed by atoms with Crippen molar-refractivity contribution in [2.24, 2.45) is 0 Å². The summed E-state index contributed by atoms with van der Waals surface area (Å²) in [5.41, 5.74) is 0.544. The average molecular weight is 480 g/mol. The van der Waals surface area contributed by atoms with Crippen molar-refractivity contribution in [3.05, 3.63) is 69.8 Å². The van der Waals surface area contributed by atoms with Crippen LogP contribution in [0, 0.1) is 5.82 Å². The molecule has 2 heterocycles. The molecule has 0 spiro atoms. The first-order valence-electron chi connectivity index (χ1n) is 11.6. The van der Waals surface area contributed by atoms with Gasteiger partial charge in [-0.3, -0.25) is 14.5 Å². The van der Waals surface area contributed by atoms with Crippen molar-refractivity contribution in [1.82, 2.24) is 9.47 Å². The summed E-state index contributed by atoms with van der Waals surface area (Å²) in [4.78, 5) is 40.8. The van der Waals surface area contributed by atoms with E-state index in [0.717, 1.165) is 18.9 Å². The number of benzene rings is 2. The average Bonchev–Trinajstić information content (AvgIpc) is 3.70. The maximum atomic E-state index is 15.1. The molecule has 0 atom stereocenters. The lowest BCUT2D eigenvalue weighted by Gasteiger charge is -2.36. The van der Waals surface area contributed by atoms with Gasteiger partial charge in [0.15, 0.2) is 5.78 Å². The van der Waals surface area contributed by atoms with Crippen molar-refractivity contribution in [2.75, 3.05) is 44.7 Å². The lowest BCUT2D eigenvalue weighted by Crippen LogP contribution is -2.48. The van der Waals surface area contributed by atoms with Crippen LogP contribution in [0.5, 0.6) is 5.75 Å². The number of aromatic nitrogens is 1. The SMILES string of the molecule is COc1ccc(C(=O)CN2CCN(c3cc4c(cc3F)c(=O)c(C(=O)O)cn4C3CC3)CC2)cc1. The van der Waals surface area contributed by atoms with Crippen LogP contribution in [0.4, 0.5) is 10.1 Å². The summed E-state index contributed by atoms with van der Waals surface area (Å²) in [5.74, 6) is -1.15. The Balaban J connectivity index is 1.34. The van der Waals surface area contributed by atoms with Gasteiger partial charge in [-0.15, -0.1) is 0 Å². The minimum Gasteiger partial charge on any atom is -0.497 e. The highest BCUT2D eigenvalue weighted by molar-refractivity contribution is 5.97. The predicted octanol–water partition coefficient (Wildman–Crippen LogP) is 3.19. The highest BCUT2D eigenvalue weighted by Crippen LogP contribution is 2.38. The quantitative estimate of drug-likeness (QED) is 0.521.